The fraction of sp³-hybridized carbons (Fsp3) is 0.400. The summed E-state index contributed by atoms with van der Waals surface area (Å²) in [5, 5.41) is 12.1. The fourth-order valence-corrected chi connectivity index (χ4v) is 2.85. The van der Waals surface area contributed by atoms with Crippen LogP contribution in [0.2, 0.25) is 0 Å². The van der Waals surface area contributed by atoms with Crippen LogP contribution in [0.15, 0.2) is 23.1 Å². The Labute approximate surface area is 88.9 Å². The number of hydrogen-bond acceptors (Lipinski definition) is 4. The lowest BCUT2D eigenvalue weighted by atomic mass is 10.1. The summed E-state index contributed by atoms with van der Waals surface area (Å²) in [6.45, 7) is 0.0118. The van der Waals surface area contributed by atoms with Gasteiger partial charge in [-0.1, -0.05) is 6.07 Å². The van der Waals surface area contributed by atoms with Crippen molar-refractivity contribution in [1.29, 1.82) is 0 Å². The number of aliphatic hydroxyl groups excluding tert-OH is 1. The van der Waals surface area contributed by atoms with Crippen LogP contribution in [0.4, 0.5) is 5.69 Å². The van der Waals surface area contributed by atoms with Crippen LogP contribution in [0.3, 0.4) is 0 Å². The molecule has 0 saturated carbocycles. The van der Waals surface area contributed by atoms with Crippen LogP contribution < -0.4 is 5.32 Å². The molecular formula is C10H13NO3S. The normalized spacial score (nSPS) is 19.7. The summed E-state index contributed by atoms with van der Waals surface area (Å²) >= 11 is 0. The highest BCUT2D eigenvalue weighted by Crippen LogP contribution is 2.31. The Morgan fingerprint density at radius 3 is 2.87 bits per heavy atom. The zero-order valence-electron chi connectivity index (χ0n) is 8.40. The van der Waals surface area contributed by atoms with Crippen molar-refractivity contribution in [2.45, 2.75) is 17.4 Å². The maximum Gasteiger partial charge on any atom is 0.175 e. The van der Waals surface area contributed by atoms with E-state index in [9.17, 15) is 8.42 Å². The quantitative estimate of drug-likeness (QED) is 0.768. The molecule has 0 radical (unpaired) electrons. The van der Waals surface area contributed by atoms with Crippen molar-refractivity contribution >= 4 is 15.5 Å². The minimum Gasteiger partial charge on any atom is -0.394 e. The van der Waals surface area contributed by atoms with Crippen LogP contribution in [0, 0.1) is 0 Å². The number of benzene rings is 1. The van der Waals surface area contributed by atoms with Crippen LogP contribution in [-0.2, 0) is 16.3 Å². The molecule has 1 unspecified atom stereocenters. The van der Waals surface area contributed by atoms with Crippen molar-refractivity contribution in [3.8, 4) is 0 Å². The van der Waals surface area contributed by atoms with Crippen LogP contribution in [-0.4, -0.2) is 32.4 Å². The third kappa shape index (κ3) is 1.85. The molecule has 1 heterocycles. The van der Waals surface area contributed by atoms with Crippen LogP contribution in [0.1, 0.15) is 5.56 Å². The number of rotatable bonds is 2. The zero-order chi connectivity index (χ0) is 11.1. The summed E-state index contributed by atoms with van der Waals surface area (Å²) in [7, 11) is -3.18. The predicted octanol–water partition coefficient (Wildman–Crippen LogP) is 0.419. The first-order chi connectivity index (χ1) is 7.02. The van der Waals surface area contributed by atoms with E-state index in [0.29, 0.717) is 11.3 Å². The minimum atomic E-state index is -3.18. The van der Waals surface area contributed by atoms with Gasteiger partial charge in [0.1, 0.15) is 0 Å². The predicted molar refractivity (Wildman–Crippen MR) is 57.8 cm³/mol. The van der Waals surface area contributed by atoms with E-state index in [4.69, 9.17) is 5.11 Å². The first-order valence-corrected chi connectivity index (χ1v) is 6.61. The van der Waals surface area contributed by atoms with Gasteiger partial charge in [-0.15, -0.1) is 0 Å². The van der Waals surface area contributed by atoms with E-state index in [0.717, 1.165) is 11.3 Å². The van der Waals surface area contributed by atoms with Crippen LogP contribution in [0.5, 0.6) is 0 Å². The molecule has 1 aromatic carbocycles. The standard InChI is InChI=1S/C10H13NO3S/c1-15(13,14)10-4-2-3-9-8(10)5-7(6-12)11-9/h2-4,7,11-12H,5-6H2,1H3. The Morgan fingerprint density at radius 1 is 1.53 bits per heavy atom. The SMILES string of the molecule is CS(=O)(=O)c1cccc2c1CC(CO)N2. The fourth-order valence-electron chi connectivity index (χ4n) is 1.89. The Hall–Kier alpha value is -1.07. The average Bonchev–Trinajstić information content (AvgIpc) is 2.57. The molecule has 4 nitrogen and oxygen atoms in total. The van der Waals surface area contributed by atoms with Crippen molar-refractivity contribution in [2.75, 3.05) is 18.2 Å². The second kappa shape index (κ2) is 3.50. The lowest BCUT2D eigenvalue weighted by Crippen LogP contribution is -2.19. The van der Waals surface area contributed by atoms with Crippen LogP contribution in [0.25, 0.3) is 0 Å². The van der Waals surface area contributed by atoms with E-state index in [1.165, 1.54) is 6.26 Å². The molecule has 0 bridgehead atoms. The number of fused-ring (bicyclic) bond motifs is 1. The average molecular weight is 227 g/mol. The topological polar surface area (TPSA) is 66.4 Å². The molecule has 1 aliphatic rings. The van der Waals surface area contributed by atoms with E-state index in [2.05, 4.69) is 5.32 Å². The zero-order valence-corrected chi connectivity index (χ0v) is 9.21. The molecule has 82 valence electrons. The highest BCUT2D eigenvalue weighted by atomic mass is 32.2. The van der Waals surface area contributed by atoms with Gasteiger partial charge in [-0.05, 0) is 24.1 Å². The van der Waals surface area contributed by atoms with Gasteiger partial charge in [0.2, 0.25) is 0 Å². The third-order valence-corrected chi connectivity index (χ3v) is 3.74. The van der Waals surface area contributed by atoms with Crippen molar-refractivity contribution in [2.24, 2.45) is 0 Å². The summed E-state index contributed by atoms with van der Waals surface area (Å²) in [5.41, 5.74) is 1.61. The van der Waals surface area contributed by atoms with Crippen molar-refractivity contribution in [3.63, 3.8) is 0 Å². The van der Waals surface area contributed by atoms with E-state index >= 15 is 0 Å². The highest BCUT2D eigenvalue weighted by molar-refractivity contribution is 7.90. The lowest BCUT2D eigenvalue weighted by molar-refractivity contribution is 0.276. The van der Waals surface area contributed by atoms with Gasteiger partial charge in [0.05, 0.1) is 17.5 Å². The van der Waals surface area contributed by atoms with E-state index < -0.39 is 9.84 Å². The number of aliphatic hydroxyl groups is 1. The molecule has 15 heavy (non-hydrogen) atoms. The van der Waals surface area contributed by atoms with Gasteiger partial charge in [0.15, 0.2) is 9.84 Å². The molecule has 2 rings (SSSR count). The number of nitrogens with one attached hydrogen (secondary N) is 1. The lowest BCUT2D eigenvalue weighted by Gasteiger charge is -2.05. The molecule has 1 aromatic rings. The molecule has 0 aliphatic carbocycles. The molecule has 0 spiro atoms. The Morgan fingerprint density at radius 2 is 2.27 bits per heavy atom. The van der Waals surface area contributed by atoms with E-state index in [1.807, 2.05) is 6.07 Å². The maximum absolute atomic E-state index is 11.5. The molecule has 5 heteroatoms. The van der Waals surface area contributed by atoms with Crippen LogP contribution >= 0.6 is 0 Å². The largest absolute Gasteiger partial charge is 0.394 e. The summed E-state index contributed by atoms with van der Waals surface area (Å²) in [4.78, 5) is 0.364. The highest BCUT2D eigenvalue weighted by Gasteiger charge is 2.25. The smallest absolute Gasteiger partial charge is 0.175 e. The summed E-state index contributed by atoms with van der Waals surface area (Å²) < 4.78 is 23.0. The maximum atomic E-state index is 11.5. The molecular weight excluding hydrogens is 214 g/mol. The molecule has 2 N–H and O–H groups in total. The number of hydrogen-bond donors (Lipinski definition) is 2. The first-order valence-electron chi connectivity index (χ1n) is 4.71. The summed E-state index contributed by atoms with van der Waals surface area (Å²) in [5.74, 6) is 0. The number of anilines is 1. The summed E-state index contributed by atoms with van der Waals surface area (Å²) in [6, 6.07) is 5.08. The molecule has 1 aliphatic heterocycles. The van der Waals surface area contributed by atoms with Crippen molar-refractivity contribution < 1.29 is 13.5 Å². The monoisotopic (exact) mass is 227 g/mol. The van der Waals surface area contributed by atoms with Gasteiger partial charge in [-0.25, -0.2) is 8.42 Å². The van der Waals surface area contributed by atoms with Gasteiger partial charge < -0.3 is 10.4 Å². The van der Waals surface area contributed by atoms with Gasteiger partial charge in [-0.2, -0.15) is 0 Å². The molecule has 0 aromatic heterocycles. The second-order valence-electron chi connectivity index (χ2n) is 3.78. The third-order valence-electron chi connectivity index (χ3n) is 2.56. The van der Waals surface area contributed by atoms with Gasteiger partial charge >= 0.3 is 0 Å². The molecule has 0 fully saturated rings. The van der Waals surface area contributed by atoms with Gasteiger partial charge in [0.25, 0.3) is 0 Å². The number of sulfone groups is 1. The van der Waals surface area contributed by atoms with Crippen molar-refractivity contribution in [1.82, 2.24) is 0 Å². The van der Waals surface area contributed by atoms with Gasteiger partial charge in [-0.3, -0.25) is 0 Å². The first kappa shape index (κ1) is 10.4. The summed E-state index contributed by atoms with van der Waals surface area (Å²) in [6.07, 6.45) is 1.77. The van der Waals surface area contributed by atoms with Crippen molar-refractivity contribution in [3.05, 3.63) is 23.8 Å². The Kier molecular flexibility index (Phi) is 2.44. The van der Waals surface area contributed by atoms with E-state index in [1.54, 1.807) is 12.1 Å². The second-order valence-corrected chi connectivity index (χ2v) is 5.77. The van der Waals surface area contributed by atoms with E-state index in [-0.39, 0.29) is 12.6 Å². The van der Waals surface area contributed by atoms with Gasteiger partial charge in [0, 0.05) is 11.9 Å². The Balaban J connectivity index is 2.51. The molecule has 0 amide bonds. The Bertz CT molecular complexity index is 481. The molecule has 1 atom stereocenters. The molecule has 0 saturated heterocycles. The minimum absolute atomic E-state index is 0.0118.